The van der Waals surface area contributed by atoms with Gasteiger partial charge in [-0.05, 0) is 38.0 Å². The first-order valence-corrected chi connectivity index (χ1v) is 5.64. The molecule has 0 aliphatic rings. The Hall–Kier alpha value is -2.10. The monoisotopic (exact) mass is 246 g/mol. The minimum absolute atomic E-state index is 0.364. The van der Waals surface area contributed by atoms with Gasteiger partial charge in [0.15, 0.2) is 0 Å². The van der Waals surface area contributed by atoms with Gasteiger partial charge in [0.25, 0.3) is 0 Å². The molecule has 1 aromatic carbocycles. The third-order valence-electron chi connectivity index (χ3n) is 3.07. The molecular weight excluding hydrogens is 232 g/mol. The number of aryl methyl sites for hydroxylation is 2. The van der Waals surface area contributed by atoms with Crippen LogP contribution >= 0.6 is 0 Å². The number of carbonyl (C=O) groups excluding carboxylic acids is 1. The van der Waals surface area contributed by atoms with E-state index in [0.29, 0.717) is 11.3 Å². The van der Waals surface area contributed by atoms with E-state index in [1.54, 1.807) is 6.07 Å². The van der Waals surface area contributed by atoms with Crippen LogP contribution in [0.5, 0.6) is 5.75 Å². The number of rotatable bonds is 1. The quantitative estimate of drug-likeness (QED) is 0.441. The molecule has 1 aromatic heterocycles. The summed E-state index contributed by atoms with van der Waals surface area (Å²) in [5.41, 5.74) is 2.58. The van der Waals surface area contributed by atoms with Gasteiger partial charge in [-0.15, -0.1) is 0 Å². The van der Waals surface area contributed by atoms with Crippen molar-refractivity contribution < 1.29 is 13.9 Å². The average molecular weight is 246 g/mol. The van der Waals surface area contributed by atoms with Crippen LogP contribution in [0.1, 0.15) is 23.6 Å². The summed E-state index contributed by atoms with van der Waals surface area (Å²) in [6.07, 6.45) is 0. The first-order valence-electron chi connectivity index (χ1n) is 5.64. The van der Waals surface area contributed by atoms with E-state index >= 15 is 0 Å². The summed E-state index contributed by atoms with van der Waals surface area (Å²) in [5, 5.41) is 0.786. The molecular formula is C14H14O4. The predicted molar refractivity (Wildman–Crippen MR) is 68.0 cm³/mol. The van der Waals surface area contributed by atoms with Gasteiger partial charge in [0.2, 0.25) is 0 Å². The Morgan fingerprint density at radius 1 is 1.11 bits per heavy atom. The number of hydrogen-bond donors (Lipinski definition) is 0. The Kier molecular flexibility index (Phi) is 2.95. The van der Waals surface area contributed by atoms with Crippen LogP contribution in [0.15, 0.2) is 21.3 Å². The lowest BCUT2D eigenvalue weighted by Crippen LogP contribution is -2.07. The molecule has 4 nitrogen and oxygen atoms in total. The maximum Gasteiger partial charge on any atom is 0.336 e. The van der Waals surface area contributed by atoms with Crippen molar-refractivity contribution in [2.45, 2.75) is 27.7 Å². The van der Waals surface area contributed by atoms with E-state index in [4.69, 9.17) is 9.15 Å². The van der Waals surface area contributed by atoms with Crippen LogP contribution < -0.4 is 10.4 Å². The van der Waals surface area contributed by atoms with E-state index < -0.39 is 0 Å². The molecule has 0 atom stereocenters. The molecule has 4 heteroatoms. The second-order valence-electron chi connectivity index (χ2n) is 4.29. The highest BCUT2D eigenvalue weighted by atomic mass is 16.5. The topological polar surface area (TPSA) is 56.5 Å². The Morgan fingerprint density at radius 3 is 2.39 bits per heavy atom. The van der Waals surface area contributed by atoms with Gasteiger partial charge in [-0.2, -0.15) is 0 Å². The molecule has 0 N–H and O–H groups in total. The lowest BCUT2D eigenvalue weighted by molar-refractivity contribution is -0.131. The molecule has 0 aliphatic heterocycles. The first kappa shape index (κ1) is 12.4. The average Bonchev–Trinajstić information content (AvgIpc) is 2.31. The largest absolute Gasteiger partial charge is 0.426 e. The van der Waals surface area contributed by atoms with Crippen molar-refractivity contribution in [3.05, 3.63) is 39.2 Å². The summed E-state index contributed by atoms with van der Waals surface area (Å²) in [6.45, 7) is 6.89. The van der Waals surface area contributed by atoms with Crippen LogP contribution in [0.4, 0.5) is 0 Å². The van der Waals surface area contributed by atoms with E-state index in [0.717, 1.165) is 22.1 Å². The third-order valence-corrected chi connectivity index (χ3v) is 3.07. The van der Waals surface area contributed by atoms with Crippen molar-refractivity contribution >= 4 is 16.9 Å². The van der Waals surface area contributed by atoms with E-state index in [9.17, 15) is 9.59 Å². The van der Waals surface area contributed by atoms with E-state index in [-0.39, 0.29) is 11.6 Å². The molecule has 0 bridgehead atoms. The van der Waals surface area contributed by atoms with E-state index in [1.807, 2.05) is 20.8 Å². The second-order valence-corrected chi connectivity index (χ2v) is 4.29. The van der Waals surface area contributed by atoms with Gasteiger partial charge in [0.05, 0.1) is 0 Å². The first-order chi connectivity index (χ1) is 8.41. The smallest absolute Gasteiger partial charge is 0.336 e. The minimum atomic E-state index is -0.385. The highest BCUT2D eigenvalue weighted by Crippen LogP contribution is 2.34. The Balaban J connectivity index is 2.87. The van der Waals surface area contributed by atoms with Crippen LogP contribution in [0.3, 0.4) is 0 Å². The van der Waals surface area contributed by atoms with Gasteiger partial charge in [0.1, 0.15) is 11.3 Å². The highest BCUT2D eigenvalue weighted by Gasteiger charge is 2.16. The standard InChI is InChI=1S/C14H14O4/c1-7-8(2)14-11(5-6-12(16)18-14)9(3)13(7)17-10(4)15/h5-6H,1-4H3. The summed E-state index contributed by atoms with van der Waals surface area (Å²) in [5.74, 6) is 0.179. The summed E-state index contributed by atoms with van der Waals surface area (Å²) < 4.78 is 10.5. The fourth-order valence-corrected chi connectivity index (χ4v) is 2.03. The van der Waals surface area contributed by atoms with Crippen LogP contribution in [0.25, 0.3) is 11.0 Å². The highest BCUT2D eigenvalue weighted by molar-refractivity contribution is 5.88. The predicted octanol–water partition coefficient (Wildman–Crippen LogP) is 2.64. The number of esters is 1. The van der Waals surface area contributed by atoms with Gasteiger partial charge >= 0.3 is 11.6 Å². The maximum absolute atomic E-state index is 11.3. The van der Waals surface area contributed by atoms with Crippen molar-refractivity contribution in [3.8, 4) is 5.75 Å². The molecule has 0 fully saturated rings. The fraction of sp³-hybridized carbons (Fsp3) is 0.286. The maximum atomic E-state index is 11.3. The van der Waals surface area contributed by atoms with Crippen molar-refractivity contribution in [2.75, 3.05) is 0 Å². The third kappa shape index (κ3) is 1.90. The molecule has 0 amide bonds. The Morgan fingerprint density at radius 2 is 1.78 bits per heavy atom. The molecule has 0 aliphatic carbocycles. The van der Waals surface area contributed by atoms with Crippen molar-refractivity contribution in [2.24, 2.45) is 0 Å². The molecule has 0 radical (unpaired) electrons. The minimum Gasteiger partial charge on any atom is -0.426 e. The number of fused-ring (bicyclic) bond motifs is 1. The molecule has 0 saturated heterocycles. The number of hydrogen-bond acceptors (Lipinski definition) is 4. The molecule has 18 heavy (non-hydrogen) atoms. The molecule has 0 unspecified atom stereocenters. The summed E-state index contributed by atoms with van der Waals surface area (Å²) in [4.78, 5) is 22.4. The summed E-state index contributed by atoms with van der Waals surface area (Å²) >= 11 is 0. The normalized spacial score (nSPS) is 10.7. The molecule has 0 spiro atoms. The summed E-state index contributed by atoms with van der Waals surface area (Å²) in [7, 11) is 0. The number of carbonyl (C=O) groups is 1. The van der Waals surface area contributed by atoms with Crippen LogP contribution in [0.2, 0.25) is 0 Å². The second kappa shape index (κ2) is 4.29. The number of benzene rings is 1. The van der Waals surface area contributed by atoms with Gasteiger partial charge in [-0.1, -0.05) is 0 Å². The van der Waals surface area contributed by atoms with Crippen LogP contribution in [-0.2, 0) is 4.79 Å². The van der Waals surface area contributed by atoms with Crippen LogP contribution in [-0.4, -0.2) is 5.97 Å². The van der Waals surface area contributed by atoms with E-state index in [2.05, 4.69) is 0 Å². The van der Waals surface area contributed by atoms with Crippen molar-refractivity contribution in [1.29, 1.82) is 0 Å². The lowest BCUT2D eigenvalue weighted by atomic mass is 10.00. The molecule has 0 saturated carbocycles. The van der Waals surface area contributed by atoms with Crippen molar-refractivity contribution in [1.82, 2.24) is 0 Å². The Bertz CT molecular complexity index is 695. The molecule has 94 valence electrons. The zero-order valence-corrected chi connectivity index (χ0v) is 10.8. The van der Waals surface area contributed by atoms with Gasteiger partial charge in [-0.3, -0.25) is 4.79 Å². The molecule has 2 aromatic rings. The SMILES string of the molecule is CC(=O)Oc1c(C)c(C)c2oc(=O)ccc2c1C. The van der Waals surface area contributed by atoms with Gasteiger partial charge in [-0.25, -0.2) is 4.79 Å². The molecule has 2 rings (SSSR count). The van der Waals surface area contributed by atoms with Crippen molar-refractivity contribution in [3.63, 3.8) is 0 Å². The fourth-order valence-electron chi connectivity index (χ4n) is 2.03. The molecule has 1 heterocycles. The lowest BCUT2D eigenvalue weighted by Gasteiger charge is -2.14. The number of ether oxygens (including phenoxy) is 1. The zero-order valence-electron chi connectivity index (χ0n) is 10.8. The Labute approximate surface area is 104 Å². The van der Waals surface area contributed by atoms with Crippen LogP contribution in [0, 0.1) is 20.8 Å². The van der Waals surface area contributed by atoms with Gasteiger partial charge in [0, 0.05) is 23.9 Å². The zero-order chi connectivity index (χ0) is 13.4. The van der Waals surface area contributed by atoms with Gasteiger partial charge < -0.3 is 9.15 Å². The van der Waals surface area contributed by atoms with E-state index in [1.165, 1.54) is 13.0 Å². The summed E-state index contributed by atoms with van der Waals surface area (Å²) in [6, 6.07) is 3.05.